The number of nitrogens with zero attached hydrogens (tertiary/aromatic N) is 3. The number of carbonyl (C=O) groups is 5. The predicted octanol–water partition coefficient (Wildman–Crippen LogP) is 5.19. The Morgan fingerprint density at radius 3 is 2.02 bits per heavy atom. The van der Waals surface area contributed by atoms with Crippen LogP contribution in [0.25, 0.3) is 0 Å². The Kier molecular flexibility index (Phi) is 21.5. The van der Waals surface area contributed by atoms with Crippen molar-refractivity contribution in [3.05, 3.63) is 65.7 Å². The van der Waals surface area contributed by atoms with Crippen LogP contribution in [0.3, 0.4) is 0 Å². The van der Waals surface area contributed by atoms with Gasteiger partial charge in [-0.2, -0.15) is 0 Å². The van der Waals surface area contributed by atoms with Gasteiger partial charge in [0.1, 0.15) is 12.1 Å². The Morgan fingerprint density at radius 1 is 0.825 bits per heavy atom. The normalized spacial score (nSPS) is 17.9. The standard InChI is InChI=1S/C49H78N6O8/c1-14-33(6)44(54(10)48(59)42(31(2)3)52-47(58)43(32(4)5)53(9)28-26-35-22-24-37(50-8)25-23-35)40(61-11)30-41(56)55-27-18-21-39(55)45(62-12)34(7)46(57)51-38(49(60)63-13)29-36-19-16-15-17-20-36/h15-17,19-20,22-25,31-34,38-40,42-45,50H,14,18,21,26-30H2,1-13H3,(H,51,57)(H,52,58)/t33-,34?,38-,39-,40+,42-,43-,44-,45+/m0/s1. The van der Waals surface area contributed by atoms with Crippen molar-refractivity contribution in [2.75, 3.05) is 60.9 Å². The number of nitrogens with one attached hydrogen (secondary N) is 3. The highest BCUT2D eigenvalue weighted by molar-refractivity contribution is 5.90. The molecule has 4 amide bonds. The molecule has 1 aliphatic heterocycles. The Morgan fingerprint density at radius 2 is 1.48 bits per heavy atom. The van der Waals surface area contributed by atoms with E-state index < -0.39 is 54.3 Å². The van der Waals surface area contributed by atoms with Crippen LogP contribution >= 0.6 is 0 Å². The van der Waals surface area contributed by atoms with Gasteiger partial charge in [-0.05, 0) is 67.3 Å². The Balaban J connectivity index is 1.77. The molecule has 2 aromatic rings. The summed E-state index contributed by atoms with van der Waals surface area (Å²) < 4.78 is 17.1. The first kappa shape index (κ1) is 52.8. The Bertz CT molecular complexity index is 1740. The molecular weight excluding hydrogens is 801 g/mol. The van der Waals surface area contributed by atoms with E-state index in [1.165, 1.54) is 19.8 Å². The van der Waals surface area contributed by atoms with E-state index in [0.717, 1.165) is 24.1 Å². The molecule has 0 spiro atoms. The number of hydrogen-bond acceptors (Lipinski definition) is 10. The fraction of sp³-hybridized carbons (Fsp3) is 0.653. The summed E-state index contributed by atoms with van der Waals surface area (Å²) in [5, 5.41) is 9.15. The SMILES string of the molecule is CC[C@H](C)[C@@H]([C@@H](CC(=O)N1CCC[C@H]1[C@H](OC)C(C)C(=O)N[C@@H](Cc1ccccc1)C(=O)OC)OC)N(C)C(=O)[C@@H](NC(=O)[C@H](C(C)C)N(C)CCc1ccc(NC)cc1)C(C)C. The number of carbonyl (C=O) groups excluding carboxylic acids is 5. The lowest BCUT2D eigenvalue weighted by molar-refractivity contribution is -0.149. The first-order valence-electron chi connectivity index (χ1n) is 22.7. The second-order valence-electron chi connectivity index (χ2n) is 18.0. The van der Waals surface area contributed by atoms with Crippen LogP contribution in [0.1, 0.15) is 85.3 Å². The fourth-order valence-electron chi connectivity index (χ4n) is 9.06. The van der Waals surface area contributed by atoms with Crippen molar-refractivity contribution in [3.8, 4) is 0 Å². The predicted molar refractivity (Wildman–Crippen MR) is 248 cm³/mol. The molecule has 352 valence electrons. The number of esters is 1. The zero-order valence-electron chi connectivity index (χ0n) is 40.3. The van der Waals surface area contributed by atoms with Gasteiger partial charge in [-0.1, -0.05) is 97.4 Å². The van der Waals surface area contributed by atoms with Crippen LogP contribution in [0.2, 0.25) is 0 Å². The summed E-state index contributed by atoms with van der Waals surface area (Å²) in [7, 11) is 9.96. The molecule has 1 saturated heterocycles. The van der Waals surface area contributed by atoms with Gasteiger partial charge in [0.25, 0.3) is 0 Å². The lowest BCUT2D eigenvalue weighted by Crippen LogP contribution is -2.60. The first-order chi connectivity index (χ1) is 29.9. The Hall–Kier alpha value is -4.53. The van der Waals surface area contributed by atoms with Crippen molar-refractivity contribution in [1.82, 2.24) is 25.3 Å². The van der Waals surface area contributed by atoms with Gasteiger partial charge in [0.15, 0.2) is 0 Å². The maximum absolute atomic E-state index is 14.6. The summed E-state index contributed by atoms with van der Waals surface area (Å²) >= 11 is 0. The molecule has 1 aliphatic rings. The molecule has 2 aromatic carbocycles. The van der Waals surface area contributed by atoms with E-state index in [1.54, 1.807) is 30.9 Å². The smallest absolute Gasteiger partial charge is 0.328 e. The number of benzene rings is 2. The highest BCUT2D eigenvalue weighted by Crippen LogP contribution is 2.30. The molecule has 9 atom stereocenters. The van der Waals surface area contributed by atoms with Gasteiger partial charge in [0.2, 0.25) is 23.6 Å². The fourth-order valence-corrected chi connectivity index (χ4v) is 9.06. The topological polar surface area (TPSA) is 159 Å². The number of rotatable bonds is 25. The third-order valence-electron chi connectivity index (χ3n) is 12.9. The van der Waals surface area contributed by atoms with E-state index >= 15 is 0 Å². The highest BCUT2D eigenvalue weighted by Gasteiger charge is 2.43. The van der Waals surface area contributed by atoms with Crippen molar-refractivity contribution < 1.29 is 38.2 Å². The molecule has 0 saturated carbocycles. The second-order valence-corrected chi connectivity index (χ2v) is 18.0. The molecule has 0 bridgehead atoms. The van der Waals surface area contributed by atoms with Crippen molar-refractivity contribution in [2.24, 2.45) is 23.7 Å². The van der Waals surface area contributed by atoms with Gasteiger partial charge in [-0.15, -0.1) is 0 Å². The first-order valence-corrected chi connectivity index (χ1v) is 22.7. The summed E-state index contributed by atoms with van der Waals surface area (Å²) in [6.45, 7) is 14.9. The van der Waals surface area contributed by atoms with E-state index in [1.807, 2.05) is 98.1 Å². The van der Waals surface area contributed by atoms with E-state index in [4.69, 9.17) is 14.2 Å². The van der Waals surface area contributed by atoms with Crippen LogP contribution < -0.4 is 16.0 Å². The number of likely N-dealkylation sites (N-methyl/N-ethyl adjacent to an activating group) is 2. The maximum Gasteiger partial charge on any atom is 0.328 e. The molecule has 14 nitrogen and oxygen atoms in total. The van der Waals surface area contributed by atoms with E-state index in [9.17, 15) is 24.0 Å². The molecule has 0 aliphatic carbocycles. The van der Waals surface area contributed by atoms with Gasteiger partial charge in [-0.25, -0.2) is 4.79 Å². The van der Waals surface area contributed by atoms with Gasteiger partial charge >= 0.3 is 5.97 Å². The average Bonchev–Trinajstić information content (AvgIpc) is 3.76. The minimum absolute atomic E-state index is 0.00522. The summed E-state index contributed by atoms with van der Waals surface area (Å²) in [5.41, 5.74) is 3.08. The molecule has 63 heavy (non-hydrogen) atoms. The third kappa shape index (κ3) is 14.5. The molecule has 14 heteroatoms. The van der Waals surface area contributed by atoms with Crippen LogP contribution in [0, 0.1) is 23.7 Å². The minimum atomic E-state index is -0.898. The van der Waals surface area contributed by atoms with Gasteiger partial charge < -0.3 is 40.0 Å². The van der Waals surface area contributed by atoms with Crippen LogP contribution in [-0.4, -0.2) is 142 Å². The van der Waals surface area contributed by atoms with Crippen molar-refractivity contribution in [3.63, 3.8) is 0 Å². The van der Waals surface area contributed by atoms with Crippen LogP contribution in [0.15, 0.2) is 54.6 Å². The second kappa shape index (κ2) is 25.7. The molecule has 1 fully saturated rings. The van der Waals surface area contributed by atoms with Crippen molar-refractivity contribution in [1.29, 1.82) is 0 Å². The molecule has 0 aromatic heterocycles. The number of amides is 4. The Labute approximate surface area is 377 Å². The van der Waals surface area contributed by atoms with Crippen molar-refractivity contribution >= 4 is 35.3 Å². The number of hydrogen-bond donors (Lipinski definition) is 3. The number of anilines is 1. The van der Waals surface area contributed by atoms with Crippen LogP contribution in [0.5, 0.6) is 0 Å². The molecular formula is C49H78N6O8. The zero-order chi connectivity index (χ0) is 47.0. The lowest BCUT2D eigenvalue weighted by Gasteiger charge is -2.41. The van der Waals surface area contributed by atoms with Gasteiger partial charge in [0.05, 0.1) is 49.8 Å². The van der Waals surface area contributed by atoms with E-state index in [-0.39, 0.29) is 54.2 Å². The van der Waals surface area contributed by atoms with Crippen LogP contribution in [-0.2, 0) is 51.0 Å². The quantitative estimate of drug-likeness (QED) is 0.114. The summed E-state index contributed by atoms with van der Waals surface area (Å²) in [6.07, 6.45) is 1.77. The van der Waals surface area contributed by atoms with E-state index in [0.29, 0.717) is 25.9 Å². The van der Waals surface area contributed by atoms with E-state index in [2.05, 4.69) is 33.0 Å². The number of likely N-dealkylation sites (tertiary alicyclic amines) is 1. The van der Waals surface area contributed by atoms with Crippen molar-refractivity contribution in [2.45, 2.75) is 129 Å². The molecule has 1 heterocycles. The number of ether oxygens (including phenoxy) is 3. The maximum atomic E-state index is 14.6. The van der Waals surface area contributed by atoms with Crippen LogP contribution in [0.4, 0.5) is 5.69 Å². The summed E-state index contributed by atoms with van der Waals surface area (Å²) in [6, 6.07) is 14.6. The summed E-state index contributed by atoms with van der Waals surface area (Å²) in [4.78, 5) is 75.1. The zero-order valence-corrected chi connectivity index (χ0v) is 40.3. The summed E-state index contributed by atoms with van der Waals surface area (Å²) in [5.74, 6) is -2.55. The van der Waals surface area contributed by atoms with Gasteiger partial charge in [-0.3, -0.25) is 24.1 Å². The highest BCUT2D eigenvalue weighted by atomic mass is 16.5. The number of methoxy groups -OCH3 is 3. The average molecular weight is 879 g/mol. The molecule has 0 radical (unpaired) electrons. The minimum Gasteiger partial charge on any atom is -0.467 e. The van der Waals surface area contributed by atoms with Gasteiger partial charge in [0, 0.05) is 53.5 Å². The largest absolute Gasteiger partial charge is 0.467 e. The third-order valence-corrected chi connectivity index (χ3v) is 12.9. The molecule has 1 unspecified atom stereocenters. The monoisotopic (exact) mass is 879 g/mol. The lowest BCUT2D eigenvalue weighted by atomic mass is 9.89. The molecule has 3 N–H and O–H groups in total. The molecule has 3 rings (SSSR count).